The fraction of sp³-hybridized carbons (Fsp3) is 0.278. The predicted octanol–water partition coefficient (Wildman–Crippen LogP) is 3.16. The summed E-state index contributed by atoms with van der Waals surface area (Å²) in [6, 6.07) is 15.4. The molecule has 0 bridgehead atoms. The van der Waals surface area contributed by atoms with Gasteiger partial charge in [-0.25, -0.2) is 4.79 Å². The lowest BCUT2D eigenvalue weighted by Crippen LogP contribution is -2.13. The molecule has 2 aromatic carbocycles. The zero-order valence-corrected chi connectivity index (χ0v) is 13.0. The van der Waals surface area contributed by atoms with Gasteiger partial charge in [-0.2, -0.15) is 0 Å². The monoisotopic (exact) mass is 299 g/mol. The van der Waals surface area contributed by atoms with Gasteiger partial charge in [0.05, 0.1) is 19.3 Å². The van der Waals surface area contributed by atoms with Crippen molar-refractivity contribution in [2.24, 2.45) is 0 Å². The number of hydrogen-bond acceptors (Lipinski definition) is 4. The van der Waals surface area contributed by atoms with Crippen LogP contribution in [0.3, 0.4) is 0 Å². The Balaban J connectivity index is 1.82. The van der Waals surface area contributed by atoms with Gasteiger partial charge >= 0.3 is 5.97 Å². The van der Waals surface area contributed by atoms with Crippen LogP contribution in [0.25, 0.3) is 0 Å². The average Bonchev–Trinajstić information content (AvgIpc) is 2.56. The van der Waals surface area contributed by atoms with Gasteiger partial charge in [-0.1, -0.05) is 24.3 Å². The summed E-state index contributed by atoms with van der Waals surface area (Å²) in [5, 5.41) is 3.37. The lowest BCUT2D eigenvalue weighted by molar-refractivity contribution is 0.0526. The minimum atomic E-state index is -0.278. The summed E-state index contributed by atoms with van der Waals surface area (Å²) < 4.78 is 10.1. The van der Waals surface area contributed by atoms with Gasteiger partial charge in [0.1, 0.15) is 5.75 Å². The molecule has 2 aromatic rings. The summed E-state index contributed by atoms with van der Waals surface area (Å²) in [5.74, 6) is 0.582. The first-order valence-corrected chi connectivity index (χ1v) is 7.32. The SMILES string of the molecule is CCOC(=O)c1ccc(CNCc2ccc(OC)cc2)cc1. The summed E-state index contributed by atoms with van der Waals surface area (Å²) in [6.45, 7) is 3.72. The smallest absolute Gasteiger partial charge is 0.338 e. The molecule has 0 aliphatic carbocycles. The van der Waals surface area contributed by atoms with Gasteiger partial charge in [0.25, 0.3) is 0 Å². The summed E-state index contributed by atoms with van der Waals surface area (Å²) in [6.07, 6.45) is 0. The van der Waals surface area contributed by atoms with E-state index in [1.807, 2.05) is 36.4 Å². The Morgan fingerprint density at radius 2 is 1.50 bits per heavy atom. The van der Waals surface area contributed by atoms with Crippen LogP contribution in [0, 0.1) is 0 Å². The number of nitrogens with one attached hydrogen (secondary N) is 1. The van der Waals surface area contributed by atoms with E-state index in [0.29, 0.717) is 12.2 Å². The second-order valence-corrected chi connectivity index (χ2v) is 4.87. The number of methoxy groups -OCH3 is 1. The first-order valence-electron chi connectivity index (χ1n) is 7.32. The van der Waals surface area contributed by atoms with Crippen molar-refractivity contribution in [3.05, 3.63) is 65.2 Å². The summed E-state index contributed by atoms with van der Waals surface area (Å²) in [5.41, 5.74) is 2.91. The van der Waals surface area contributed by atoms with Crippen LogP contribution in [0.15, 0.2) is 48.5 Å². The van der Waals surface area contributed by atoms with E-state index in [0.717, 1.165) is 24.4 Å². The van der Waals surface area contributed by atoms with Crippen LogP contribution in [0.1, 0.15) is 28.4 Å². The highest BCUT2D eigenvalue weighted by atomic mass is 16.5. The molecule has 1 N–H and O–H groups in total. The Morgan fingerprint density at radius 1 is 0.955 bits per heavy atom. The largest absolute Gasteiger partial charge is 0.497 e. The van der Waals surface area contributed by atoms with Crippen LogP contribution in [-0.2, 0) is 17.8 Å². The molecule has 0 radical (unpaired) electrons. The number of esters is 1. The molecule has 0 heterocycles. The van der Waals surface area contributed by atoms with E-state index in [-0.39, 0.29) is 5.97 Å². The Morgan fingerprint density at radius 3 is 2.00 bits per heavy atom. The van der Waals surface area contributed by atoms with Gasteiger partial charge < -0.3 is 14.8 Å². The number of ether oxygens (including phenoxy) is 2. The van der Waals surface area contributed by atoms with E-state index in [9.17, 15) is 4.79 Å². The number of rotatable bonds is 7. The highest BCUT2D eigenvalue weighted by Gasteiger charge is 2.05. The van der Waals surface area contributed by atoms with Crippen molar-refractivity contribution in [3.8, 4) is 5.75 Å². The van der Waals surface area contributed by atoms with Gasteiger partial charge in [-0.3, -0.25) is 0 Å². The van der Waals surface area contributed by atoms with E-state index in [4.69, 9.17) is 9.47 Å². The van der Waals surface area contributed by atoms with Crippen LogP contribution in [0.4, 0.5) is 0 Å². The predicted molar refractivity (Wildman–Crippen MR) is 85.9 cm³/mol. The number of carbonyl (C=O) groups excluding carboxylic acids is 1. The van der Waals surface area contributed by atoms with Gasteiger partial charge in [-0.15, -0.1) is 0 Å². The number of carbonyl (C=O) groups is 1. The minimum Gasteiger partial charge on any atom is -0.497 e. The van der Waals surface area contributed by atoms with Crippen molar-refractivity contribution >= 4 is 5.97 Å². The van der Waals surface area contributed by atoms with Gasteiger partial charge in [0.2, 0.25) is 0 Å². The van der Waals surface area contributed by atoms with Crippen molar-refractivity contribution in [3.63, 3.8) is 0 Å². The van der Waals surface area contributed by atoms with E-state index >= 15 is 0 Å². The first-order chi connectivity index (χ1) is 10.7. The molecular formula is C18H21NO3. The minimum absolute atomic E-state index is 0.278. The topological polar surface area (TPSA) is 47.6 Å². The zero-order chi connectivity index (χ0) is 15.8. The molecule has 4 nitrogen and oxygen atoms in total. The van der Waals surface area contributed by atoms with E-state index in [2.05, 4.69) is 5.32 Å². The summed E-state index contributed by atoms with van der Waals surface area (Å²) in [4.78, 5) is 11.6. The van der Waals surface area contributed by atoms with E-state index in [1.54, 1.807) is 26.2 Å². The molecule has 116 valence electrons. The normalized spacial score (nSPS) is 10.3. The average molecular weight is 299 g/mol. The second-order valence-electron chi connectivity index (χ2n) is 4.87. The van der Waals surface area contributed by atoms with E-state index in [1.165, 1.54) is 5.56 Å². The molecule has 0 aliphatic rings. The third-order valence-corrected chi connectivity index (χ3v) is 3.28. The van der Waals surface area contributed by atoms with Crippen molar-refractivity contribution in [1.82, 2.24) is 5.32 Å². The molecule has 0 aromatic heterocycles. The first kappa shape index (κ1) is 16.0. The second kappa shape index (κ2) is 8.20. The molecule has 0 aliphatic heterocycles. The van der Waals surface area contributed by atoms with Crippen molar-refractivity contribution in [2.75, 3.05) is 13.7 Å². The fourth-order valence-electron chi connectivity index (χ4n) is 2.07. The molecule has 0 saturated carbocycles. The van der Waals surface area contributed by atoms with Crippen molar-refractivity contribution in [1.29, 1.82) is 0 Å². The number of hydrogen-bond donors (Lipinski definition) is 1. The standard InChI is InChI=1S/C18H21NO3/c1-3-22-18(20)16-8-4-14(5-9-16)12-19-13-15-6-10-17(21-2)11-7-15/h4-11,19H,3,12-13H2,1-2H3. The third kappa shape index (κ3) is 4.60. The molecule has 2 rings (SSSR count). The quantitative estimate of drug-likeness (QED) is 0.798. The van der Waals surface area contributed by atoms with E-state index < -0.39 is 0 Å². The molecule has 0 amide bonds. The molecular weight excluding hydrogens is 278 g/mol. The highest BCUT2D eigenvalue weighted by Crippen LogP contribution is 2.11. The molecule has 0 spiro atoms. The molecule has 4 heteroatoms. The van der Waals surface area contributed by atoms with Crippen LogP contribution < -0.4 is 10.1 Å². The van der Waals surface area contributed by atoms with Gasteiger partial charge in [-0.05, 0) is 42.3 Å². The summed E-state index contributed by atoms with van der Waals surface area (Å²) >= 11 is 0. The summed E-state index contributed by atoms with van der Waals surface area (Å²) in [7, 11) is 1.66. The maximum absolute atomic E-state index is 11.6. The van der Waals surface area contributed by atoms with Crippen molar-refractivity contribution in [2.45, 2.75) is 20.0 Å². The van der Waals surface area contributed by atoms with Gasteiger partial charge in [0, 0.05) is 13.1 Å². The van der Waals surface area contributed by atoms with Crippen LogP contribution in [-0.4, -0.2) is 19.7 Å². The van der Waals surface area contributed by atoms with Crippen molar-refractivity contribution < 1.29 is 14.3 Å². The van der Waals surface area contributed by atoms with Crippen LogP contribution >= 0.6 is 0 Å². The zero-order valence-electron chi connectivity index (χ0n) is 13.0. The maximum Gasteiger partial charge on any atom is 0.338 e. The third-order valence-electron chi connectivity index (χ3n) is 3.28. The van der Waals surface area contributed by atoms with Crippen LogP contribution in [0.5, 0.6) is 5.75 Å². The van der Waals surface area contributed by atoms with Crippen LogP contribution in [0.2, 0.25) is 0 Å². The maximum atomic E-state index is 11.6. The molecule has 0 fully saturated rings. The Bertz CT molecular complexity index is 591. The Hall–Kier alpha value is -2.33. The molecule has 22 heavy (non-hydrogen) atoms. The highest BCUT2D eigenvalue weighted by molar-refractivity contribution is 5.89. The van der Waals surface area contributed by atoms with Gasteiger partial charge in [0.15, 0.2) is 0 Å². The Kier molecular flexibility index (Phi) is 5.98. The lowest BCUT2D eigenvalue weighted by Gasteiger charge is -2.07. The Labute approximate surface area is 131 Å². The molecule has 0 unspecified atom stereocenters. The molecule has 0 atom stereocenters. The lowest BCUT2D eigenvalue weighted by atomic mass is 10.1. The molecule has 0 saturated heterocycles. The fourth-order valence-corrected chi connectivity index (χ4v) is 2.07. The number of benzene rings is 2.